The van der Waals surface area contributed by atoms with Crippen LogP contribution in [0.25, 0.3) is 0 Å². The number of hydrogen-bond acceptors (Lipinski definition) is 5. The molecule has 7 heteroatoms. The fourth-order valence-electron chi connectivity index (χ4n) is 1.59. The topological polar surface area (TPSA) is 79.3 Å². The van der Waals surface area contributed by atoms with E-state index in [1.807, 2.05) is 20.8 Å². The summed E-state index contributed by atoms with van der Waals surface area (Å²) in [6.45, 7) is 5.93. The Hall–Kier alpha value is -1.08. The minimum atomic E-state index is -0.897. The molecule has 5 nitrogen and oxygen atoms in total. The maximum absolute atomic E-state index is 12.0. The number of aliphatic carboxylic acids is 1. The molecular weight excluding hydrogens is 296 g/mol. The molecule has 1 aromatic heterocycles. The highest BCUT2D eigenvalue weighted by molar-refractivity contribution is 8.02. The Labute approximate surface area is 127 Å². The first kappa shape index (κ1) is 17.0. The maximum atomic E-state index is 12.0. The number of hydrogen-bond donors (Lipinski definition) is 2. The first-order valence-corrected chi connectivity index (χ1v) is 8.35. The fourth-order valence-corrected chi connectivity index (χ4v) is 3.58. The Kier molecular flexibility index (Phi) is 7.01. The third-order valence-corrected chi connectivity index (χ3v) is 4.96. The number of carboxylic acids is 1. The SMILES string of the molecule is CCC(CC)NC(=O)C(C)Sc1nc(CC(=O)O)cs1. The van der Waals surface area contributed by atoms with Gasteiger partial charge < -0.3 is 10.4 Å². The summed E-state index contributed by atoms with van der Waals surface area (Å²) in [6, 6.07) is 0.212. The number of carboxylic acid groups (broad SMARTS) is 1. The number of thioether (sulfide) groups is 1. The Bertz CT molecular complexity index is 458. The van der Waals surface area contributed by atoms with Crippen molar-refractivity contribution >= 4 is 35.0 Å². The Balaban J connectivity index is 2.52. The molecule has 2 N–H and O–H groups in total. The summed E-state index contributed by atoms with van der Waals surface area (Å²) in [5, 5.41) is 13.2. The normalized spacial score (nSPS) is 12.4. The lowest BCUT2D eigenvalue weighted by Crippen LogP contribution is -2.38. The lowest BCUT2D eigenvalue weighted by Gasteiger charge is -2.17. The van der Waals surface area contributed by atoms with Gasteiger partial charge in [-0.05, 0) is 19.8 Å². The van der Waals surface area contributed by atoms with E-state index in [9.17, 15) is 9.59 Å². The van der Waals surface area contributed by atoms with Crippen LogP contribution < -0.4 is 5.32 Å². The number of amides is 1. The van der Waals surface area contributed by atoms with Gasteiger partial charge in [-0.2, -0.15) is 0 Å². The minimum absolute atomic E-state index is 0.00122. The van der Waals surface area contributed by atoms with Gasteiger partial charge in [-0.25, -0.2) is 4.98 Å². The number of carbonyl (C=O) groups is 2. The molecule has 0 bridgehead atoms. The van der Waals surface area contributed by atoms with Gasteiger partial charge in [0.15, 0.2) is 4.34 Å². The highest BCUT2D eigenvalue weighted by Gasteiger charge is 2.18. The van der Waals surface area contributed by atoms with Crippen LogP contribution in [0.1, 0.15) is 39.3 Å². The average molecular weight is 316 g/mol. The molecule has 0 spiro atoms. The molecule has 0 aromatic carbocycles. The van der Waals surface area contributed by atoms with E-state index >= 15 is 0 Å². The van der Waals surface area contributed by atoms with Crippen LogP contribution in [0.4, 0.5) is 0 Å². The zero-order chi connectivity index (χ0) is 15.1. The Morgan fingerprint density at radius 3 is 2.65 bits per heavy atom. The van der Waals surface area contributed by atoms with Gasteiger partial charge in [-0.1, -0.05) is 25.6 Å². The largest absolute Gasteiger partial charge is 0.481 e. The summed E-state index contributed by atoms with van der Waals surface area (Å²) in [6.07, 6.45) is 1.75. The number of nitrogens with one attached hydrogen (secondary N) is 1. The van der Waals surface area contributed by atoms with Crippen LogP contribution in [-0.2, 0) is 16.0 Å². The number of thiazole rings is 1. The molecule has 112 valence electrons. The molecule has 0 fully saturated rings. The second kappa shape index (κ2) is 8.26. The van der Waals surface area contributed by atoms with Crippen LogP contribution in [-0.4, -0.2) is 33.3 Å². The van der Waals surface area contributed by atoms with Crippen molar-refractivity contribution in [1.29, 1.82) is 0 Å². The summed E-state index contributed by atoms with van der Waals surface area (Å²) in [5.41, 5.74) is 0.539. The molecule has 0 saturated carbocycles. The Morgan fingerprint density at radius 1 is 1.45 bits per heavy atom. The number of nitrogens with zero attached hydrogens (tertiary/aromatic N) is 1. The van der Waals surface area contributed by atoms with E-state index < -0.39 is 5.97 Å². The second-order valence-corrected chi connectivity index (χ2v) is 6.90. The van der Waals surface area contributed by atoms with Crippen LogP contribution >= 0.6 is 23.1 Å². The monoisotopic (exact) mass is 316 g/mol. The molecule has 0 radical (unpaired) electrons. The zero-order valence-corrected chi connectivity index (χ0v) is 13.5. The van der Waals surface area contributed by atoms with Gasteiger partial charge in [0.1, 0.15) is 0 Å². The van der Waals surface area contributed by atoms with Crippen molar-refractivity contribution < 1.29 is 14.7 Å². The van der Waals surface area contributed by atoms with Crippen molar-refractivity contribution in [1.82, 2.24) is 10.3 Å². The molecule has 20 heavy (non-hydrogen) atoms. The van der Waals surface area contributed by atoms with Gasteiger partial charge in [0, 0.05) is 11.4 Å². The van der Waals surface area contributed by atoms with Crippen molar-refractivity contribution in [3.63, 3.8) is 0 Å². The van der Waals surface area contributed by atoms with Crippen LogP contribution in [0.3, 0.4) is 0 Å². The Morgan fingerprint density at radius 2 is 2.10 bits per heavy atom. The lowest BCUT2D eigenvalue weighted by atomic mass is 10.2. The third kappa shape index (κ3) is 5.50. The smallest absolute Gasteiger partial charge is 0.309 e. The molecule has 1 unspecified atom stereocenters. The number of rotatable bonds is 8. The quantitative estimate of drug-likeness (QED) is 0.721. The maximum Gasteiger partial charge on any atom is 0.309 e. The first-order chi connectivity index (χ1) is 9.46. The van der Waals surface area contributed by atoms with Gasteiger partial charge in [0.2, 0.25) is 5.91 Å². The van der Waals surface area contributed by atoms with Crippen molar-refractivity contribution in [2.75, 3.05) is 0 Å². The molecule has 1 amide bonds. The molecular formula is C13H20N2O3S2. The molecule has 0 aliphatic carbocycles. The van der Waals surface area contributed by atoms with E-state index in [1.165, 1.54) is 23.1 Å². The average Bonchev–Trinajstić information content (AvgIpc) is 2.81. The van der Waals surface area contributed by atoms with Crippen LogP contribution in [0.2, 0.25) is 0 Å². The van der Waals surface area contributed by atoms with Gasteiger partial charge in [0.05, 0.1) is 17.4 Å². The molecule has 1 heterocycles. The number of carbonyl (C=O) groups excluding carboxylic acids is 1. The van der Waals surface area contributed by atoms with E-state index in [4.69, 9.17) is 5.11 Å². The molecule has 1 aromatic rings. The van der Waals surface area contributed by atoms with E-state index in [0.29, 0.717) is 5.69 Å². The van der Waals surface area contributed by atoms with E-state index in [-0.39, 0.29) is 23.6 Å². The molecule has 1 rings (SSSR count). The van der Waals surface area contributed by atoms with Crippen molar-refractivity contribution in [2.24, 2.45) is 0 Å². The second-order valence-electron chi connectivity index (χ2n) is 4.46. The summed E-state index contributed by atoms with van der Waals surface area (Å²) < 4.78 is 0.730. The summed E-state index contributed by atoms with van der Waals surface area (Å²) >= 11 is 2.74. The van der Waals surface area contributed by atoms with Gasteiger partial charge in [-0.3, -0.25) is 9.59 Å². The predicted octanol–water partition coefficient (Wildman–Crippen LogP) is 2.56. The van der Waals surface area contributed by atoms with E-state index in [2.05, 4.69) is 10.3 Å². The van der Waals surface area contributed by atoms with Crippen LogP contribution in [0.5, 0.6) is 0 Å². The lowest BCUT2D eigenvalue weighted by molar-refractivity contribution is -0.136. The van der Waals surface area contributed by atoms with Crippen molar-refractivity contribution in [3.8, 4) is 0 Å². The van der Waals surface area contributed by atoms with Gasteiger partial charge in [-0.15, -0.1) is 11.3 Å². The summed E-state index contributed by atoms with van der Waals surface area (Å²) in [7, 11) is 0. The molecule has 0 aliphatic rings. The first-order valence-electron chi connectivity index (χ1n) is 6.59. The standard InChI is InChI=1S/C13H20N2O3S2/c1-4-9(5-2)14-12(18)8(3)20-13-15-10(7-19-13)6-11(16)17/h7-9H,4-6H2,1-3H3,(H,14,18)(H,16,17). The molecule has 0 aliphatic heterocycles. The fraction of sp³-hybridized carbons (Fsp3) is 0.615. The highest BCUT2D eigenvalue weighted by Crippen LogP contribution is 2.27. The van der Waals surface area contributed by atoms with E-state index in [1.54, 1.807) is 5.38 Å². The van der Waals surface area contributed by atoms with Crippen LogP contribution in [0, 0.1) is 0 Å². The highest BCUT2D eigenvalue weighted by atomic mass is 32.2. The third-order valence-electron chi connectivity index (χ3n) is 2.84. The van der Waals surface area contributed by atoms with Gasteiger partial charge >= 0.3 is 5.97 Å². The number of aromatic nitrogens is 1. The predicted molar refractivity (Wildman–Crippen MR) is 81.3 cm³/mol. The summed E-state index contributed by atoms with van der Waals surface area (Å²) in [4.78, 5) is 26.8. The van der Waals surface area contributed by atoms with Crippen molar-refractivity contribution in [2.45, 2.75) is 55.7 Å². The van der Waals surface area contributed by atoms with E-state index in [0.717, 1.165) is 17.2 Å². The van der Waals surface area contributed by atoms with Gasteiger partial charge in [0.25, 0.3) is 0 Å². The zero-order valence-electron chi connectivity index (χ0n) is 11.9. The van der Waals surface area contributed by atoms with Crippen molar-refractivity contribution in [3.05, 3.63) is 11.1 Å². The minimum Gasteiger partial charge on any atom is -0.481 e. The summed E-state index contributed by atoms with van der Waals surface area (Å²) in [5.74, 6) is -0.898. The molecule has 1 atom stereocenters. The van der Waals surface area contributed by atoms with Crippen LogP contribution in [0.15, 0.2) is 9.72 Å². The molecule has 0 saturated heterocycles.